The largest absolute Gasteiger partial charge is 0.378 e. The normalized spacial score (nSPS) is 25.5. The molecule has 3 rings (SSSR count). The van der Waals surface area contributed by atoms with Crippen molar-refractivity contribution in [3.8, 4) is 0 Å². The molecule has 1 saturated carbocycles. The Morgan fingerprint density at radius 1 is 1.30 bits per heavy atom. The number of fused-ring (bicyclic) bond motifs is 1. The van der Waals surface area contributed by atoms with Crippen molar-refractivity contribution in [1.29, 1.82) is 0 Å². The Morgan fingerprint density at radius 2 is 2.00 bits per heavy atom. The van der Waals surface area contributed by atoms with E-state index < -0.39 is 0 Å². The second kappa shape index (κ2) is 5.87. The third-order valence-corrected chi connectivity index (χ3v) is 5.30. The van der Waals surface area contributed by atoms with E-state index in [1.54, 1.807) is 6.92 Å². The Labute approximate surface area is 137 Å². The number of anilines is 1. The molecule has 2 aliphatic rings. The number of carbonyl (C=O) groups is 2. The maximum absolute atomic E-state index is 12.6. The summed E-state index contributed by atoms with van der Waals surface area (Å²) in [6.07, 6.45) is 1.71. The molecule has 0 bridgehead atoms. The minimum absolute atomic E-state index is 0.117. The third-order valence-electron chi connectivity index (χ3n) is 5.30. The number of amides is 2. The monoisotopic (exact) mass is 315 g/mol. The average molecular weight is 315 g/mol. The van der Waals surface area contributed by atoms with E-state index in [-0.39, 0.29) is 17.2 Å². The molecule has 1 saturated heterocycles. The van der Waals surface area contributed by atoms with Crippen molar-refractivity contribution in [2.75, 3.05) is 32.1 Å². The predicted octanol–water partition coefficient (Wildman–Crippen LogP) is 1.63. The molecule has 1 aliphatic carbocycles. The first kappa shape index (κ1) is 15.8. The number of likely N-dealkylation sites (tertiary alicyclic amines) is 1. The lowest BCUT2D eigenvalue weighted by Gasteiger charge is -2.30. The zero-order valence-electron chi connectivity index (χ0n) is 14.1. The molecule has 1 heterocycles. The van der Waals surface area contributed by atoms with E-state index >= 15 is 0 Å². The number of piperidine rings is 1. The number of nitrogens with one attached hydrogen (secondary N) is 1. The van der Waals surface area contributed by atoms with E-state index in [0.29, 0.717) is 19.0 Å². The predicted molar refractivity (Wildman–Crippen MR) is 90.0 cm³/mol. The van der Waals surface area contributed by atoms with Crippen LogP contribution in [0.1, 0.15) is 25.3 Å². The highest BCUT2D eigenvalue weighted by molar-refractivity contribution is 5.86. The van der Waals surface area contributed by atoms with Crippen molar-refractivity contribution in [3.05, 3.63) is 29.8 Å². The van der Waals surface area contributed by atoms with E-state index in [9.17, 15) is 9.59 Å². The number of benzene rings is 1. The molecule has 124 valence electrons. The highest BCUT2D eigenvalue weighted by Gasteiger charge is 2.61. The molecular weight excluding hydrogens is 290 g/mol. The maximum Gasteiger partial charge on any atom is 0.226 e. The fraction of sp³-hybridized carbons (Fsp3) is 0.556. The van der Waals surface area contributed by atoms with Gasteiger partial charge in [0.05, 0.1) is 5.41 Å². The Bertz CT molecular complexity index is 611. The molecule has 1 aromatic carbocycles. The Balaban J connectivity index is 1.54. The van der Waals surface area contributed by atoms with E-state index in [1.165, 1.54) is 0 Å². The topological polar surface area (TPSA) is 52.7 Å². The summed E-state index contributed by atoms with van der Waals surface area (Å²) < 4.78 is 0. The lowest BCUT2D eigenvalue weighted by molar-refractivity contribution is -0.134. The van der Waals surface area contributed by atoms with Gasteiger partial charge in [-0.2, -0.15) is 0 Å². The molecule has 1 aliphatic heterocycles. The van der Waals surface area contributed by atoms with Gasteiger partial charge in [0.1, 0.15) is 0 Å². The van der Waals surface area contributed by atoms with Crippen LogP contribution in [0, 0.1) is 11.3 Å². The molecule has 2 fully saturated rings. The van der Waals surface area contributed by atoms with Crippen molar-refractivity contribution in [1.82, 2.24) is 10.2 Å². The van der Waals surface area contributed by atoms with Crippen LogP contribution >= 0.6 is 0 Å². The highest BCUT2D eigenvalue weighted by Crippen LogP contribution is 2.58. The molecule has 0 aromatic heterocycles. The van der Waals surface area contributed by atoms with E-state index in [2.05, 4.69) is 34.5 Å². The quantitative estimate of drug-likeness (QED) is 0.919. The second-order valence-corrected chi connectivity index (χ2v) is 7.02. The summed E-state index contributed by atoms with van der Waals surface area (Å²) in [7, 11) is 4.02. The van der Waals surface area contributed by atoms with Crippen molar-refractivity contribution < 1.29 is 9.59 Å². The van der Waals surface area contributed by atoms with Crippen LogP contribution in [0.25, 0.3) is 0 Å². The van der Waals surface area contributed by atoms with Gasteiger partial charge in [0.2, 0.25) is 11.8 Å². The van der Waals surface area contributed by atoms with Crippen LogP contribution < -0.4 is 10.2 Å². The number of rotatable bonds is 4. The van der Waals surface area contributed by atoms with Crippen molar-refractivity contribution in [2.24, 2.45) is 11.3 Å². The van der Waals surface area contributed by atoms with Gasteiger partial charge in [-0.15, -0.1) is 0 Å². The summed E-state index contributed by atoms with van der Waals surface area (Å²) in [4.78, 5) is 27.9. The molecule has 0 unspecified atom stereocenters. The number of hydrogen-bond acceptors (Lipinski definition) is 3. The fourth-order valence-electron chi connectivity index (χ4n) is 3.57. The summed E-state index contributed by atoms with van der Waals surface area (Å²) in [6, 6.07) is 8.22. The van der Waals surface area contributed by atoms with Gasteiger partial charge in [-0.1, -0.05) is 12.1 Å². The molecule has 0 radical (unpaired) electrons. The van der Waals surface area contributed by atoms with E-state index in [4.69, 9.17) is 0 Å². The SMILES string of the molecule is CC(=O)N1CC[C@@]2(C(=O)NCc3ccc(N(C)C)cc3)C[C@H]2C1. The number of hydrogen-bond donors (Lipinski definition) is 1. The molecule has 0 spiro atoms. The molecular formula is C18H25N3O2. The highest BCUT2D eigenvalue weighted by atomic mass is 16.2. The van der Waals surface area contributed by atoms with Crippen LogP contribution in [0.3, 0.4) is 0 Å². The maximum atomic E-state index is 12.6. The number of carbonyl (C=O) groups excluding carboxylic acids is 2. The van der Waals surface area contributed by atoms with Gasteiger partial charge in [0.15, 0.2) is 0 Å². The van der Waals surface area contributed by atoms with Crippen LogP contribution in [0.4, 0.5) is 5.69 Å². The van der Waals surface area contributed by atoms with Crippen molar-refractivity contribution in [3.63, 3.8) is 0 Å². The first-order valence-electron chi connectivity index (χ1n) is 8.22. The molecule has 1 aromatic rings. The van der Waals surface area contributed by atoms with Gasteiger partial charge in [-0.3, -0.25) is 9.59 Å². The van der Waals surface area contributed by atoms with Gasteiger partial charge in [0, 0.05) is 46.3 Å². The first-order chi connectivity index (χ1) is 10.9. The third kappa shape index (κ3) is 3.05. The molecule has 23 heavy (non-hydrogen) atoms. The summed E-state index contributed by atoms with van der Waals surface area (Å²) in [5.74, 6) is 0.616. The van der Waals surface area contributed by atoms with Crippen LogP contribution in [0.5, 0.6) is 0 Å². The van der Waals surface area contributed by atoms with Crippen molar-refractivity contribution >= 4 is 17.5 Å². The standard InChI is InChI=1S/C18H25N3O2/c1-13(22)21-9-8-18(10-15(18)12-21)17(23)19-11-14-4-6-16(7-5-14)20(2)3/h4-7,15H,8-12H2,1-3H3,(H,19,23)/t15-,18+/m0/s1. The summed E-state index contributed by atoms with van der Waals surface area (Å²) >= 11 is 0. The smallest absolute Gasteiger partial charge is 0.226 e. The zero-order valence-corrected chi connectivity index (χ0v) is 14.1. The Morgan fingerprint density at radius 3 is 2.57 bits per heavy atom. The minimum Gasteiger partial charge on any atom is -0.378 e. The van der Waals surface area contributed by atoms with Gasteiger partial charge in [-0.25, -0.2) is 0 Å². The summed E-state index contributed by atoms with van der Waals surface area (Å²) in [5, 5.41) is 3.09. The lowest BCUT2D eigenvalue weighted by atomic mass is 9.94. The molecule has 5 nitrogen and oxygen atoms in total. The number of nitrogens with zero attached hydrogens (tertiary/aromatic N) is 2. The Kier molecular flexibility index (Phi) is 4.04. The molecule has 1 N–H and O–H groups in total. The average Bonchev–Trinajstić information content (AvgIpc) is 3.27. The zero-order chi connectivity index (χ0) is 16.6. The first-order valence-corrected chi connectivity index (χ1v) is 8.22. The van der Waals surface area contributed by atoms with Gasteiger partial charge >= 0.3 is 0 Å². The van der Waals surface area contributed by atoms with Crippen LogP contribution in [0.15, 0.2) is 24.3 Å². The Hall–Kier alpha value is -2.04. The van der Waals surface area contributed by atoms with Gasteiger partial charge in [-0.05, 0) is 36.5 Å². The van der Waals surface area contributed by atoms with E-state index in [0.717, 1.165) is 30.6 Å². The minimum atomic E-state index is -0.213. The van der Waals surface area contributed by atoms with Gasteiger partial charge < -0.3 is 15.1 Å². The van der Waals surface area contributed by atoms with Crippen LogP contribution in [0.2, 0.25) is 0 Å². The molecule has 2 amide bonds. The van der Waals surface area contributed by atoms with Crippen LogP contribution in [-0.2, 0) is 16.1 Å². The van der Waals surface area contributed by atoms with E-state index in [1.807, 2.05) is 19.0 Å². The lowest BCUT2D eigenvalue weighted by Crippen LogP contribution is -2.43. The molecule has 2 atom stereocenters. The second-order valence-electron chi connectivity index (χ2n) is 7.02. The summed E-state index contributed by atoms with van der Waals surface area (Å²) in [6.45, 7) is 3.61. The summed E-state index contributed by atoms with van der Waals surface area (Å²) in [5.41, 5.74) is 2.05. The van der Waals surface area contributed by atoms with Crippen molar-refractivity contribution in [2.45, 2.75) is 26.3 Å². The fourth-order valence-corrected chi connectivity index (χ4v) is 3.57. The van der Waals surface area contributed by atoms with Crippen LogP contribution in [-0.4, -0.2) is 43.9 Å². The van der Waals surface area contributed by atoms with Gasteiger partial charge in [0.25, 0.3) is 0 Å². The molecule has 5 heteroatoms.